The molecule has 3 rings (SSSR count). The van der Waals surface area contributed by atoms with Crippen molar-refractivity contribution in [3.8, 4) is 11.5 Å². The summed E-state index contributed by atoms with van der Waals surface area (Å²) in [5.74, 6) is 1.35. The van der Waals surface area contributed by atoms with Gasteiger partial charge in [-0.15, -0.1) is 0 Å². The lowest BCUT2D eigenvalue weighted by molar-refractivity contribution is 0.220. The van der Waals surface area contributed by atoms with E-state index >= 15 is 0 Å². The lowest BCUT2D eigenvalue weighted by Gasteiger charge is -2.21. The molecule has 1 aliphatic rings. The quantitative estimate of drug-likeness (QED) is 0.883. The summed E-state index contributed by atoms with van der Waals surface area (Å²) in [7, 11) is 0. The van der Waals surface area contributed by atoms with Crippen LogP contribution in [0.1, 0.15) is 30.5 Å². The van der Waals surface area contributed by atoms with E-state index in [0.29, 0.717) is 5.75 Å². The van der Waals surface area contributed by atoms with Gasteiger partial charge in [0, 0.05) is 24.6 Å². The second-order valence-electron chi connectivity index (χ2n) is 5.48. The molecule has 1 heterocycles. The summed E-state index contributed by atoms with van der Waals surface area (Å²) < 4.78 is 5.94. The van der Waals surface area contributed by atoms with Crippen LogP contribution in [-0.2, 0) is 6.42 Å². The molecule has 21 heavy (non-hydrogen) atoms. The summed E-state index contributed by atoms with van der Waals surface area (Å²) in [6.07, 6.45) is 2.04. The number of aromatic hydroxyl groups is 1. The van der Waals surface area contributed by atoms with Crippen LogP contribution in [0.15, 0.2) is 48.5 Å². The third-order valence-electron chi connectivity index (χ3n) is 4.03. The number of phenolic OH excluding ortho intramolecular Hbond substituents is 1. The molecular formula is C18H21NO2. The van der Waals surface area contributed by atoms with Gasteiger partial charge in [-0.25, -0.2) is 0 Å². The van der Waals surface area contributed by atoms with E-state index in [1.807, 2.05) is 30.3 Å². The van der Waals surface area contributed by atoms with Gasteiger partial charge < -0.3 is 15.2 Å². The van der Waals surface area contributed by atoms with Gasteiger partial charge in [-0.2, -0.15) is 0 Å². The third-order valence-corrected chi connectivity index (χ3v) is 4.03. The number of para-hydroxylation sites is 2. The molecule has 1 aliphatic heterocycles. The molecule has 0 bridgehead atoms. The number of rotatable bonds is 5. The Labute approximate surface area is 125 Å². The van der Waals surface area contributed by atoms with E-state index in [9.17, 15) is 5.11 Å². The fourth-order valence-electron chi connectivity index (χ4n) is 2.90. The Kier molecular flexibility index (Phi) is 4.11. The fourth-order valence-corrected chi connectivity index (χ4v) is 2.90. The van der Waals surface area contributed by atoms with Crippen LogP contribution in [0.3, 0.4) is 0 Å². The van der Waals surface area contributed by atoms with Crippen molar-refractivity contribution in [1.29, 1.82) is 0 Å². The number of hydrogen-bond donors (Lipinski definition) is 2. The molecule has 0 aliphatic carbocycles. The Morgan fingerprint density at radius 3 is 2.71 bits per heavy atom. The number of phenols is 1. The van der Waals surface area contributed by atoms with Gasteiger partial charge in [-0.1, -0.05) is 43.3 Å². The topological polar surface area (TPSA) is 41.5 Å². The van der Waals surface area contributed by atoms with Crippen molar-refractivity contribution >= 4 is 0 Å². The van der Waals surface area contributed by atoms with Crippen molar-refractivity contribution in [2.75, 3.05) is 6.54 Å². The maximum absolute atomic E-state index is 9.97. The van der Waals surface area contributed by atoms with Crippen LogP contribution in [0.5, 0.6) is 11.5 Å². The second-order valence-corrected chi connectivity index (χ2v) is 5.48. The number of hydrogen-bond acceptors (Lipinski definition) is 3. The van der Waals surface area contributed by atoms with E-state index in [1.54, 1.807) is 6.07 Å². The lowest BCUT2D eigenvalue weighted by atomic mass is 10.0. The first kappa shape index (κ1) is 14.0. The number of benzene rings is 2. The number of ether oxygens (including phenoxy) is 1. The van der Waals surface area contributed by atoms with E-state index in [2.05, 4.69) is 24.4 Å². The predicted octanol–water partition coefficient (Wildman–Crippen LogP) is 3.44. The van der Waals surface area contributed by atoms with Gasteiger partial charge in [0.25, 0.3) is 0 Å². The maximum Gasteiger partial charge on any atom is 0.123 e. The molecular weight excluding hydrogens is 262 g/mol. The monoisotopic (exact) mass is 283 g/mol. The molecule has 2 atom stereocenters. The molecule has 0 spiro atoms. The van der Waals surface area contributed by atoms with Gasteiger partial charge >= 0.3 is 0 Å². The summed E-state index contributed by atoms with van der Waals surface area (Å²) in [5.41, 5.74) is 2.23. The summed E-state index contributed by atoms with van der Waals surface area (Å²) in [4.78, 5) is 0. The average Bonchev–Trinajstić information content (AvgIpc) is 2.92. The van der Waals surface area contributed by atoms with E-state index in [0.717, 1.165) is 30.7 Å². The van der Waals surface area contributed by atoms with Crippen molar-refractivity contribution in [3.63, 3.8) is 0 Å². The zero-order valence-electron chi connectivity index (χ0n) is 12.3. The third kappa shape index (κ3) is 3.03. The summed E-state index contributed by atoms with van der Waals surface area (Å²) >= 11 is 0. The lowest BCUT2D eigenvalue weighted by Crippen LogP contribution is -2.32. The molecule has 0 amide bonds. The highest BCUT2D eigenvalue weighted by Gasteiger charge is 2.23. The minimum absolute atomic E-state index is 0.151. The van der Waals surface area contributed by atoms with Crippen LogP contribution >= 0.6 is 0 Å². The standard InChI is InChI=1S/C18H21NO2/c1-2-16(15-8-4-5-9-17(15)20)19-12-14-11-13-7-3-6-10-18(13)21-14/h3-10,14,16,19-20H,2,11-12H2,1H3. The molecule has 3 heteroatoms. The Bertz CT molecular complexity index is 587. The van der Waals surface area contributed by atoms with E-state index in [4.69, 9.17) is 4.74 Å². The zero-order chi connectivity index (χ0) is 14.7. The minimum atomic E-state index is 0.151. The predicted molar refractivity (Wildman–Crippen MR) is 83.7 cm³/mol. The molecule has 0 aromatic heterocycles. The van der Waals surface area contributed by atoms with Gasteiger partial charge in [-0.05, 0) is 24.1 Å². The molecule has 2 unspecified atom stereocenters. The Hall–Kier alpha value is -2.00. The van der Waals surface area contributed by atoms with Crippen LogP contribution in [0.2, 0.25) is 0 Å². The molecule has 0 saturated carbocycles. The van der Waals surface area contributed by atoms with Crippen LogP contribution < -0.4 is 10.1 Å². The highest BCUT2D eigenvalue weighted by Crippen LogP contribution is 2.29. The highest BCUT2D eigenvalue weighted by molar-refractivity contribution is 5.37. The fraction of sp³-hybridized carbons (Fsp3) is 0.333. The zero-order valence-corrected chi connectivity index (χ0v) is 12.3. The molecule has 0 saturated heterocycles. The normalized spacial score (nSPS) is 18.0. The summed E-state index contributed by atoms with van der Waals surface area (Å²) in [6.45, 7) is 2.90. The van der Waals surface area contributed by atoms with Crippen molar-refractivity contribution in [2.24, 2.45) is 0 Å². The average molecular weight is 283 g/mol. The van der Waals surface area contributed by atoms with Crippen LogP contribution in [0.4, 0.5) is 0 Å². The second kappa shape index (κ2) is 6.19. The van der Waals surface area contributed by atoms with Crippen molar-refractivity contribution in [2.45, 2.75) is 31.9 Å². The van der Waals surface area contributed by atoms with Crippen LogP contribution in [0.25, 0.3) is 0 Å². The van der Waals surface area contributed by atoms with E-state index in [-0.39, 0.29) is 12.1 Å². The first-order chi connectivity index (χ1) is 10.3. The molecule has 3 nitrogen and oxygen atoms in total. The van der Waals surface area contributed by atoms with E-state index < -0.39 is 0 Å². The first-order valence-corrected chi connectivity index (χ1v) is 7.53. The summed E-state index contributed by atoms with van der Waals surface area (Å²) in [6, 6.07) is 15.9. The van der Waals surface area contributed by atoms with Gasteiger partial charge in [0.05, 0.1) is 0 Å². The molecule has 2 aromatic carbocycles. The molecule has 110 valence electrons. The van der Waals surface area contributed by atoms with Gasteiger partial charge in [0.2, 0.25) is 0 Å². The minimum Gasteiger partial charge on any atom is -0.508 e. The Morgan fingerprint density at radius 2 is 1.95 bits per heavy atom. The van der Waals surface area contributed by atoms with Crippen LogP contribution in [-0.4, -0.2) is 17.8 Å². The van der Waals surface area contributed by atoms with E-state index in [1.165, 1.54) is 5.56 Å². The van der Waals surface area contributed by atoms with Crippen molar-refractivity contribution in [1.82, 2.24) is 5.32 Å². The van der Waals surface area contributed by atoms with Gasteiger partial charge in [0.1, 0.15) is 17.6 Å². The van der Waals surface area contributed by atoms with Gasteiger partial charge in [-0.3, -0.25) is 0 Å². The summed E-state index contributed by atoms with van der Waals surface area (Å²) in [5, 5.41) is 13.5. The van der Waals surface area contributed by atoms with Crippen LogP contribution in [0, 0.1) is 0 Å². The van der Waals surface area contributed by atoms with Crippen molar-refractivity contribution < 1.29 is 9.84 Å². The molecule has 0 radical (unpaired) electrons. The molecule has 2 N–H and O–H groups in total. The van der Waals surface area contributed by atoms with Gasteiger partial charge in [0.15, 0.2) is 0 Å². The smallest absolute Gasteiger partial charge is 0.123 e. The first-order valence-electron chi connectivity index (χ1n) is 7.53. The maximum atomic E-state index is 9.97. The Balaban J connectivity index is 1.61. The number of nitrogens with one attached hydrogen (secondary N) is 1. The SMILES string of the molecule is CCC(NCC1Cc2ccccc2O1)c1ccccc1O. The molecule has 2 aromatic rings. The largest absolute Gasteiger partial charge is 0.508 e. The highest BCUT2D eigenvalue weighted by atomic mass is 16.5. The van der Waals surface area contributed by atoms with Crippen molar-refractivity contribution in [3.05, 3.63) is 59.7 Å². The molecule has 0 fully saturated rings. The number of fused-ring (bicyclic) bond motifs is 1. The Morgan fingerprint density at radius 1 is 1.19 bits per heavy atom.